The smallest absolute Gasteiger partial charge is 0.243 e. The van der Waals surface area contributed by atoms with Gasteiger partial charge in [-0.2, -0.15) is 0 Å². The van der Waals surface area contributed by atoms with E-state index in [1.807, 2.05) is 29.2 Å². The summed E-state index contributed by atoms with van der Waals surface area (Å²) in [6, 6.07) is 8.06. The van der Waals surface area contributed by atoms with Crippen molar-refractivity contribution < 1.29 is 9.59 Å². The summed E-state index contributed by atoms with van der Waals surface area (Å²) in [4.78, 5) is 25.8. The van der Waals surface area contributed by atoms with Gasteiger partial charge in [0.05, 0.1) is 0 Å². The Labute approximate surface area is 130 Å². The average Bonchev–Trinajstić information content (AvgIpc) is 2.83. The lowest BCUT2D eigenvalue weighted by Gasteiger charge is -2.37. The number of primary amides is 1. The second-order valence-electron chi connectivity index (χ2n) is 6.71. The molecular weight excluding hydrogens is 278 g/mol. The normalized spacial score (nSPS) is 23.1. The van der Waals surface area contributed by atoms with Gasteiger partial charge >= 0.3 is 0 Å². The van der Waals surface area contributed by atoms with Gasteiger partial charge in [-0.05, 0) is 42.7 Å². The third kappa shape index (κ3) is 2.86. The highest BCUT2D eigenvalue weighted by atomic mass is 16.2. The summed E-state index contributed by atoms with van der Waals surface area (Å²) >= 11 is 0. The minimum absolute atomic E-state index is 0.0119. The Bertz CT molecular complexity index is 574. The first-order valence-electron chi connectivity index (χ1n) is 7.91. The van der Waals surface area contributed by atoms with Crippen molar-refractivity contribution in [3.63, 3.8) is 0 Å². The van der Waals surface area contributed by atoms with Crippen LogP contribution in [0.4, 0.5) is 0 Å². The molecule has 2 aliphatic rings. The van der Waals surface area contributed by atoms with E-state index in [0.717, 1.165) is 19.4 Å². The number of carbonyl (C=O) groups is 2. The third-order valence-corrected chi connectivity index (χ3v) is 4.85. The van der Waals surface area contributed by atoms with E-state index in [2.05, 4.69) is 0 Å². The zero-order chi connectivity index (χ0) is 15.7. The summed E-state index contributed by atoms with van der Waals surface area (Å²) in [5, 5.41) is 0. The van der Waals surface area contributed by atoms with Gasteiger partial charge in [0.1, 0.15) is 5.54 Å². The number of nitrogens with two attached hydrogens (primary N) is 2. The Morgan fingerprint density at radius 2 is 1.86 bits per heavy atom. The zero-order valence-corrected chi connectivity index (χ0v) is 12.8. The molecule has 4 N–H and O–H groups in total. The van der Waals surface area contributed by atoms with Crippen LogP contribution in [0, 0.1) is 5.92 Å². The number of piperidine rings is 1. The van der Waals surface area contributed by atoms with Crippen LogP contribution in [-0.2, 0) is 22.4 Å². The molecule has 1 aliphatic heterocycles. The lowest BCUT2D eigenvalue weighted by atomic mass is 9.90. The fourth-order valence-electron chi connectivity index (χ4n) is 3.81. The molecule has 5 nitrogen and oxygen atoms in total. The number of hydrogen-bond donors (Lipinski definition) is 2. The van der Waals surface area contributed by atoms with E-state index in [0.29, 0.717) is 25.8 Å². The van der Waals surface area contributed by atoms with E-state index in [1.54, 1.807) is 0 Å². The fraction of sp³-hybridized carbons (Fsp3) is 0.529. The lowest BCUT2D eigenvalue weighted by molar-refractivity contribution is -0.139. The van der Waals surface area contributed by atoms with Crippen LogP contribution in [-0.4, -0.2) is 35.3 Å². The van der Waals surface area contributed by atoms with Crippen molar-refractivity contribution in [1.29, 1.82) is 0 Å². The first kappa shape index (κ1) is 15.0. The second kappa shape index (κ2) is 5.72. The van der Waals surface area contributed by atoms with E-state index in [9.17, 15) is 9.59 Å². The molecule has 0 radical (unpaired) electrons. The van der Waals surface area contributed by atoms with Crippen LogP contribution in [0.2, 0.25) is 0 Å². The van der Waals surface area contributed by atoms with Gasteiger partial charge in [0.15, 0.2) is 0 Å². The van der Waals surface area contributed by atoms with Gasteiger partial charge in [-0.25, -0.2) is 0 Å². The molecule has 0 bridgehead atoms. The van der Waals surface area contributed by atoms with Crippen LogP contribution >= 0.6 is 0 Å². The van der Waals surface area contributed by atoms with Crippen LogP contribution in [0.3, 0.4) is 0 Å². The monoisotopic (exact) mass is 301 g/mol. The number of amides is 2. The van der Waals surface area contributed by atoms with Crippen molar-refractivity contribution >= 4 is 11.8 Å². The standard InChI is InChI=1S/C17H23N3O2/c18-15(21)8-12-4-3-7-20(11-12)16(22)17(19)9-13-5-1-2-6-14(13)10-17/h1-2,5-6,12H,3-4,7-11,19H2,(H2,18,21). The SMILES string of the molecule is NC(=O)CC1CCCN(C(=O)C2(N)Cc3ccccc3C2)C1. The number of benzene rings is 1. The molecule has 1 aromatic rings. The fourth-order valence-corrected chi connectivity index (χ4v) is 3.81. The summed E-state index contributed by atoms with van der Waals surface area (Å²) in [7, 11) is 0. The number of nitrogens with zero attached hydrogens (tertiary/aromatic N) is 1. The Morgan fingerprint density at radius 1 is 1.23 bits per heavy atom. The minimum atomic E-state index is -0.835. The van der Waals surface area contributed by atoms with E-state index in [1.165, 1.54) is 11.1 Å². The molecule has 0 aromatic heterocycles. The maximum absolute atomic E-state index is 12.9. The Balaban J connectivity index is 1.70. The van der Waals surface area contributed by atoms with Crippen molar-refractivity contribution in [3.8, 4) is 0 Å². The first-order valence-corrected chi connectivity index (χ1v) is 7.91. The third-order valence-electron chi connectivity index (χ3n) is 4.85. The maximum atomic E-state index is 12.9. The topological polar surface area (TPSA) is 89.4 Å². The largest absolute Gasteiger partial charge is 0.370 e. The predicted molar refractivity (Wildman–Crippen MR) is 83.9 cm³/mol. The summed E-state index contributed by atoms with van der Waals surface area (Å²) in [5.41, 5.74) is 13.2. The van der Waals surface area contributed by atoms with Crippen molar-refractivity contribution in [2.24, 2.45) is 17.4 Å². The molecular formula is C17H23N3O2. The molecule has 1 aromatic carbocycles. The Kier molecular flexibility index (Phi) is 3.91. The Hall–Kier alpha value is -1.88. The zero-order valence-electron chi connectivity index (χ0n) is 12.8. The van der Waals surface area contributed by atoms with E-state index < -0.39 is 5.54 Å². The highest BCUT2D eigenvalue weighted by Gasteiger charge is 2.43. The molecule has 22 heavy (non-hydrogen) atoms. The quantitative estimate of drug-likeness (QED) is 0.856. The molecule has 1 atom stereocenters. The van der Waals surface area contributed by atoms with E-state index in [4.69, 9.17) is 11.5 Å². The van der Waals surface area contributed by atoms with Crippen LogP contribution < -0.4 is 11.5 Å². The van der Waals surface area contributed by atoms with Gasteiger partial charge in [-0.1, -0.05) is 24.3 Å². The van der Waals surface area contributed by atoms with Crippen molar-refractivity contribution in [3.05, 3.63) is 35.4 Å². The highest BCUT2D eigenvalue weighted by Crippen LogP contribution is 2.31. The average molecular weight is 301 g/mol. The second-order valence-corrected chi connectivity index (χ2v) is 6.71. The number of likely N-dealkylation sites (tertiary alicyclic amines) is 1. The van der Waals surface area contributed by atoms with Crippen molar-refractivity contribution in [2.75, 3.05) is 13.1 Å². The highest BCUT2D eigenvalue weighted by molar-refractivity contribution is 5.88. The number of hydrogen-bond acceptors (Lipinski definition) is 3. The van der Waals surface area contributed by atoms with Gasteiger partial charge in [-0.3, -0.25) is 9.59 Å². The summed E-state index contributed by atoms with van der Waals surface area (Å²) in [6.45, 7) is 1.32. The van der Waals surface area contributed by atoms with Crippen LogP contribution in [0.25, 0.3) is 0 Å². The molecule has 1 heterocycles. The van der Waals surface area contributed by atoms with Crippen LogP contribution in [0.1, 0.15) is 30.4 Å². The van der Waals surface area contributed by atoms with Gasteiger partial charge in [0, 0.05) is 19.5 Å². The Morgan fingerprint density at radius 3 is 2.45 bits per heavy atom. The summed E-state index contributed by atoms with van der Waals surface area (Å²) in [6.07, 6.45) is 3.40. The predicted octanol–water partition coefficient (Wildman–Crippen LogP) is 0.597. The van der Waals surface area contributed by atoms with Gasteiger partial charge in [0.2, 0.25) is 11.8 Å². The number of carbonyl (C=O) groups excluding carboxylic acids is 2. The maximum Gasteiger partial charge on any atom is 0.243 e. The molecule has 0 saturated carbocycles. The van der Waals surface area contributed by atoms with Crippen LogP contribution in [0.15, 0.2) is 24.3 Å². The molecule has 0 spiro atoms. The molecule has 1 unspecified atom stereocenters. The van der Waals surface area contributed by atoms with Crippen molar-refractivity contribution in [1.82, 2.24) is 4.90 Å². The molecule has 3 rings (SSSR count). The molecule has 1 saturated heterocycles. The minimum Gasteiger partial charge on any atom is -0.370 e. The van der Waals surface area contributed by atoms with Gasteiger partial charge in [-0.15, -0.1) is 0 Å². The molecule has 118 valence electrons. The summed E-state index contributed by atoms with van der Waals surface area (Å²) < 4.78 is 0. The lowest BCUT2D eigenvalue weighted by Crippen LogP contribution is -2.58. The number of rotatable bonds is 3. The van der Waals surface area contributed by atoms with Crippen molar-refractivity contribution in [2.45, 2.75) is 37.6 Å². The molecule has 2 amide bonds. The molecule has 1 aliphatic carbocycles. The van der Waals surface area contributed by atoms with Gasteiger partial charge in [0.25, 0.3) is 0 Å². The summed E-state index contributed by atoms with van der Waals surface area (Å²) in [5.74, 6) is -0.115. The molecule has 1 fully saturated rings. The van der Waals surface area contributed by atoms with E-state index in [-0.39, 0.29) is 17.7 Å². The van der Waals surface area contributed by atoms with E-state index >= 15 is 0 Å². The van der Waals surface area contributed by atoms with Crippen LogP contribution in [0.5, 0.6) is 0 Å². The van der Waals surface area contributed by atoms with Gasteiger partial charge < -0.3 is 16.4 Å². The number of fused-ring (bicyclic) bond motifs is 1. The molecule has 5 heteroatoms. The first-order chi connectivity index (χ1) is 10.5.